The predicted molar refractivity (Wildman–Crippen MR) is 101 cm³/mol. The van der Waals surface area contributed by atoms with E-state index in [2.05, 4.69) is 13.5 Å². The van der Waals surface area contributed by atoms with Crippen molar-refractivity contribution in [2.24, 2.45) is 0 Å². The zero-order chi connectivity index (χ0) is 19.5. The minimum Gasteiger partial charge on any atom is -0.450 e. The largest absolute Gasteiger partial charge is 0.450 e. The van der Waals surface area contributed by atoms with Crippen LogP contribution in [0, 0.1) is 0 Å². The van der Waals surface area contributed by atoms with E-state index in [0.717, 1.165) is 25.7 Å². The van der Waals surface area contributed by atoms with Gasteiger partial charge < -0.3 is 24.1 Å². The van der Waals surface area contributed by atoms with Crippen molar-refractivity contribution in [3.63, 3.8) is 0 Å². The molecule has 1 aromatic rings. The number of hydrogen-bond donors (Lipinski definition) is 1. The quantitative estimate of drug-likeness (QED) is 0.342. The first-order valence-corrected chi connectivity index (χ1v) is 9.57. The van der Waals surface area contributed by atoms with Crippen LogP contribution in [0.15, 0.2) is 43.0 Å². The average Bonchev–Trinajstić information content (AvgIpc) is 3.03. The highest BCUT2D eigenvalue weighted by Gasteiger charge is 2.48. The van der Waals surface area contributed by atoms with Crippen molar-refractivity contribution in [2.75, 3.05) is 19.8 Å². The second-order valence-corrected chi connectivity index (χ2v) is 6.45. The lowest BCUT2D eigenvalue weighted by Crippen LogP contribution is -2.41. The van der Waals surface area contributed by atoms with Gasteiger partial charge in [0.25, 0.3) is 0 Å². The zero-order valence-corrected chi connectivity index (χ0v) is 15.9. The van der Waals surface area contributed by atoms with Crippen LogP contribution < -0.4 is 0 Å². The molecule has 150 valence electrons. The summed E-state index contributed by atoms with van der Waals surface area (Å²) in [5.41, 5.74) is 0.447. The van der Waals surface area contributed by atoms with E-state index < -0.39 is 30.6 Å². The molecule has 4 unspecified atom stereocenters. The molecular weight excluding hydrogens is 348 g/mol. The Labute approximate surface area is 161 Å². The molecule has 1 aliphatic rings. The van der Waals surface area contributed by atoms with Crippen LogP contribution in [0.1, 0.15) is 43.0 Å². The summed E-state index contributed by atoms with van der Waals surface area (Å²) in [4.78, 5) is 12.5. The molecule has 0 aliphatic carbocycles. The summed E-state index contributed by atoms with van der Waals surface area (Å²) in [6.07, 6.45) is 2.60. The molecule has 1 aliphatic heterocycles. The van der Waals surface area contributed by atoms with Gasteiger partial charge in [-0.1, -0.05) is 37.6 Å². The Morgan fingerprint density at radius 3 is 2.59 bits per heavy atom. The maximum atomic E-state index is 12.5. The van der Waals surface area contributed by atoms with Gasteiger partial charge in [-0.2, -0.15) is 0 Å². The van der Waals surface area contributed by atoms with E-state index in [1.165, 1.54) is 0 Å². The van der Waals surface area contributed by atoms with E-state index >= 15 is 0 Å². The zero-order valence-electron chi connectivity index (χ0n) is 15.9. The van der Waals surface area contributed by atoms with Gasteiger partial charge in [-0.3, -0.25) is 0 Å². The number of rotatable bonds is 12. The van der Waals surface area contributed by atoms with Crippen molar-refractivity contribution in [3.05, 3.63) is 48.6 Å². The molecule has 6 heteroatoms. The molecule has 6 nitrogen and oxygen atoms in total. The van der Waals surface area contributed by atoms with Gasteiger partial charge in [0.2, 0.25) is 0 Å². The van der Waals surface area contributed by atoms with Gasteiger partial charge >= 0.3 is 5.97 Å². The molecule has 0 spiro atoms. The van der Waals surface area contributed by atoms with Gasteiger partial charge in [-0.05, 0) is 31.4 Å². The van der Waals surface area contributed by atoms with Crippen molar-refractivity contribution in [3.8, 4) is 0 Å². The van der Waals surface area contributed by atoms with Crippen LogP contribution in [0.25, 0.3) is 0 Å². The van der Waals surface area contributed by atoms with Crippen molar-refractivity contribution < 1.29 is 28.8 Å². The molecule has 0 bridgehead atoms. The molecule has 1 N–H and O–H groups in total. The summed E-state index contributed by atoms with van der Waals surface area (Å²) in [6.45, 7) is 6.46. The summed E-state index contributed by atoms with van der Waals surface area (Å²) in [5.74, 6) is -0.466. The monoisotopic (exact) mass is 378 g/mol. The highest BCUT2D eigenvalue weighted by Crippen LogP contribution is 2.29. The van der Waals surface area contributed by atoms with E-state index in [-0.39, 0.29) is 6.61 Å². The molecule has 27 heavy (non-hydrogen) atoms. The van der Waals surface area contributed by atoms with Gasteiger partial charge in [-0.15, -0.1) is 6.58 Å². The fourth-order valence-electron chi connectivity index (χ4n) is 2.86. The lowest BCUT2D eigenvalue weighted by atomic mass is 10.1. The molecule has 0 aromatic heterocycles. The fourth-order valence-corrected chi connectivity index (χ4v) is 2.86. The molecular formula is C21H30O6. The van der Waals surface area contributed by atoms with Gasteiger partial charge in [0.05, 0.1) is 18.8 Å². The molecule has 1 aromatic carbocycles. The topological polar surface area (TPSA) is 74.2 Å². The SMILES string of the molecule is C=CCCCOC1OC(CO)C(OCCCC)C1OC(=O)c1ccccc1. The van der Waals surface area contributed by atoms with E-state index in [1.54, 1.807) is 24.3 Å². The maximum absolute atomic E-state index is 12.5. The Morgan fingerprint density at radius 2 is 1.93 bits per heavy atom. The van der Waals surface area contributed by atoms with Crippen LogP contribution in [0.2, 0.25) is 0 Å². The number of benzene rings is 1. The Bertz CT molecular complexity index is 561. The third kappa shape index (κ3) is 6.43. The number of aliphatic hydroxyl groups is 1. The molecule has 1 heterocycles. The fraction of sp³-hybridized carbons (Fsp3) is 0.571. The predicted octanol–water partition coefficient (Wildman–Crippen LogP) is 3.10. The Hall–Kier alpha value is -1.73. The lowest BCUT2D eigenvalue weighted by Gasteiger charge is -2.24. The number of carbonyl (C=O) groups is 1. The summed E-state index contributed by atoms with van der Waals surface area (Å²) >= 11 is 0. The number of allylic oxidation sites excluding steroid dienone is 1. The molecule has 1 saturated heterocycles. The number of hydrogen-bond acceptors (Lipinski definition) is 6. The minimum atomic E-state index is -0.772. The summed E-state index contributed by atoms with van der Waals surface area (Å²) in [6, 6.07) is 8.76. The van der Waals surface area contributed by atoms with Crippen molar-refractivity contribution >= 4 is 5.97 Å². The van der Waals surface area contributed by atoms with Crippen molar-refractivity contribution in [1.29, 1.82) is 0 Å². The number of ether oxygens (including phenoxy) is 4. The Kier molecular flexibility index (Phi) is 9.48. The number of unbranched alkanes of at least 4 members (excludes halogenated alkanes) is 2. The molecule has 4 atom stereocenters. The van der Waals surface area contributed by atoms with Gasteiger partial charge in [0.1, 0.15) is 12.2 Å². The van der Waals surface area contributed by atoms with Crippen LogP contribution in [-0.2, 0) is 18.9 Å². The second kappa shape index (κ2) is 11.9. The van der Waals surface area contributed by atoms with Crippen LogP contribution in [-0.4, -0.2) is 55.5 Å². The summed E-state index contributed by atoms with van der Waals surface area (Å²) in [5, 5.41) is 9.68. The molecule has 0 saturated carbocycles. The van der Waals surface area contributed by atoms with Crippen LogP contribution in [0.3, 0.4) is 0 Å². The Balaban J connectivity index is 2.08. The van der Waals surface area contributed by atoms with E-state index in [0.29, 0.717) is 18.8 Å². The average molecular weight is 378 g/mol. The third-order valence-electron chi connectivity index (χ3n) is 4.34. The molecule has 0 amide bonds. The van der Waals surface area contributed by atoms with Gasteiger partial charge in [0.15, 0.2) is 12.4 Å². The van der Waals surface area contributed by atoms with E-state index in [9.17, 15) is 9.90 Å². The first kappa shape index (κ1) is 21.6. The second-order valence-electron chi connectivity index (χ2n) is 6.45. The smallest absolute Gasteiger partial charge is 0.338 e. The van der Waals surface area contributed by atoms with Crippen molar-refractivity contribution in [2.45, 2.75) is 57.2 Å². The molecule has 2 rings (SSSR count). The number of aliphatic hydroxyl groups excluding tert-OH is 1. The minimum absolute atomic E-state index is 0.233. The van der Waals surface area contributed by atoms with Crippen LogP contribution in [0.5, 0.6) is 0 Å². The maximum Gasteiger partial charge on any atom is 0.338 e. The van der Waals surface area contributed by atoms with Gasteiger partial charge in [0, 0.05) is 6.61 Å². The standard InChI is InChI=1S/C21H30O6/c1-3-5-10-14-25-21-19(27-20(23)16-11-8-7-9-12-16)18(17(15-22)26-21)24-13-6-4-2/h3,7-9,11-12,17-19,21-22H,1,4-6,10,13-15H2,2H3. The summed E-state index contributed by atoms with van der Waals surface area (Å²) < 4.78 is 23.2. The van der Waals surface area contributed by atoms with E-state index in [4.69, 9.17) is 18.9 Å². The van der Waals surface area contributed by atoms with Crippen LogP contribution in [0.4, 0.5) is 0 Å². The highest BCUT2D eigenvalue weighted by atomic mass is 16.7. The van der Waals surface area contributed by atoms with Gasteiger partial charge in [-0.25, -0.2) is 4.79 Å². The number of esters is 1. The molecule has 0 radical (unpaired) electrons. The first-order chi connectivity index (χ1) is 13.2. The summed E-state index contributed by atoms with van der Waals surface area (Å²) in [7, 11) is 0. The lowest BCUT2D eigenvalue weighted by molar-refractivity contribution is -0.170. The Morgan fingerprint density at radius 1 is 1.19 bits per heavy atom. The highest BCUT2D eigenvalue weighted by molar-refractivity contribution is 5.89. The normalized spacial score (nSPS) is 24.7. The van der Waals surface area contributed by atoms with E-state index in [1.807, 2.05) is 12.1 Å². The number of carbonyl (C=O) groups excluding carboxylic acids is 1. The van der Waals surface area contributed by atoms with Crippen molar-refractivity contribution in [1.82, 2.24) is 0 Å². The van der Waals surface area contributed by atoms with Crippen LogP contribution >= 0.6 is 0 Å². The third-order valence-corrected chi connectivity index (χ3v) is 4.34. The first-order valence-electron chi connectivity index (χ1n) is 9.57. The molecule has 1 fully saturated rings.